The van der Waals surface area contributed by atoms with Crippen LogP contribution in [-0.4, -0.2) is 43.3 Å². The molecule has 0 aliphatic rings. The van der Waals surface area contributed by atoms with E-state index >= 15 is 0 Å². The van der Waals surface area contributed by atoms with Gasteiger partial charge < -0.3 is 10.2 Å². The second-order valence-electron chi connectivity index (χ2n) is 10.7. The lowest BCUT2D eigenvalue weighted by atomic mass is 10.1. The molecule has 3 aromatic carbocycles. The molecule has 0 aliphatic heterocycles. The third-order valence-electron chi connectivity index (χ3n) is 6.51. The van der Waals surface area contributed by atoms with Gasteiger partial charge in [-0.3, -0.25) is 13.9 Å². The van der Waals surface area contributed by atoms with Gasteiger partial charge in [-0.1, -0.05) is 59.6 Å². The zero-order valence-electron chi connectivity index (χ0n) is 23.5. The van der Waals surface area contributed by atoms with Crippen molar-refractivity contribution in [2.75, 3.05) is 10.8 Å². The van der Waals surface area contributed by atoms with E-state index in [4.69, 9.17) is 23.2 Å². The number of carbonyl (C=O) groups excluding carboxylic acids is 2. The van der Waals surface area contributed by atoms with Crippen LogP contribution in [0, 0.1) is 13.8 Å². The van der Waals surface area contributed by atoms with Crippen LogP contribution in [0.5, 0.6) is 0 Å². The molecule has 3 rings (SSSR count). The minimum Gasteiger partial charge on any atom is -0.350 e. The Labute approximate surface area is 247 Å². The molecule has 0 heterocycles. The molecular weight excluding hydrogens is 569 g/mol. The molecule has 0 aliphatic carbocycles. The highest BCUT2D eigenvalue weighted by Crippen LogP contribution is 2.30. The summed E-state index contributed by atoms with van der Waals surface area (Å²) >= 11 is 12.9. The zero-order chi connectivity index (χ0) is 29.8. The van der Waals surface area contributed by atoms with E-state index in [0.717, 1.165) is 9.87 Å². The van der Waals surface area contributed by atoms with Crippen molar-refractivity contribution in [2.24, 2.45) is 0 Å². The highest BCUT2D eigenvalue weighted by molar-refractivity contribution is 7.92. The monoisotopic (exact) mass is 603 g/mol. The van der Waals surface area contributed by atoms with Crippen LogP contribution in [0.15, 0.2) is 71.6 Å². The fourth-order valence-electron chi connectivity index (χ4n) is 4.15. The summed E-state index contributed by atoms with van der Waals surface area (Å²) < 4.78 is 29.0. The maximum Gasteiger partial charge on any atom is 0.264 e. The lowest BCUT2D eigenvalue weighted by Crippen LogP contribution is -2.54. The molecule has 0 saturated carbocycles. The topological polar surface area (TPSA) is 86.8 Å². The van der Waals surface area contributed by atoms with Gasteiger partial charge in [0.2, 0.25) is 11.8 Å². The van der Waals surface area contributed by atoms with Gasteiger partial charge in [-0.2, -0.15) is 0 Å². The smallest absolute Gasteiger partial charge is 0.264 e. The lowest BCUT2D eigenvalue weighted by molar-refractivity contribution is -0.140. The Bertz CT molecular complexity index is 1470. The molecule has 0 aromatic heterocycles. The second-order valence-corrected chi connectivity index (χ2v) is 13.4. The van der Waals surface area contributed by atoms with E-state index in [-0.39, 0.29) is 11.4 Å². The fraction of sp³-hybridized carbons (Fsp3) is 0.333. The van der Waals surface area contributed by atoms with Gasteiger partial charge in [0.25, 0.3) is 10.0 Å². The minimum atomic E-state index is -4.15. The predicted molar refractivity (Wildman–Crippen MR) is 161 cm³/mol. The van der Waals surface area contributed by atoms with Crippen molar-refractivity contribution in [3.63, 3.8) is 0 Å². The molecule has 10 heteroatoms. The zero-order valence-corrected chi connectivity index (χ0v) is 25.9. The summed E-state index contributed by atoms with van der Waals surface area (Å²) in [7, 11) is -4.15. The number of hydrogen-bond donors (Lipinski definition) is 1. The molecule has 0 bridgehead atoms. The van der Waals surface area contributed by atoms with E-state index in [2.05, 4.69) is 5.32 Å². The number of rotatable bonds is 9. The molecule has 2 amide bonds. The van der Waals surface area contributed by atoms with E-state index in [1.165, 1.54) is 17.0 Å². The third kappa shape index (κ3) is 7.36. The highest BCUT2D eigenvalue weighted by Gasteiger charge is 2.34. The molecule has 1 unspecified atom stereocenters. The Morgan fingerprint density at radius 1 is 0.900 bits per heavy atom. The minimum absolute atomic E-state index is 0.0444. The summed E-state index contributed by atoms with van der Waals surface area (Å²) in [5, 5.41) is 3.56. The third-order valence-corrected chi connectivity index (χ3v) is 8.99. The number of nitrogens with one attached hydrogen (secondary N) is 1. The maximum atomic E-state index is 14.1. The lowest BCUT2D eigenvalue weighted by Gasteiger charge is -2.34. The van der Waals surface area contributed by atoms with Gasteiger partial charge in [0.05, 0.1) is 10.6 Å². The van der Waals surface area contributed by atoms with Gasteiger partial charge in [0.1, 0.15) is 12.6 Å². The molecule has 0 saturated heterocycles. The average molecular weight is 605 g/mol. The number of aryl methyl sites for hydroxylation is 1. The SMILES string of the molecule is Cc1cccc(N(CC(=O)N(Cc2c(Cl)cccc2Cl)C(C)C(=O)NC(C)(C)C)S(=O)(=O)c2ccccc2)c1C. The summed E-state index contributed by atoms with van der Waals surface area (Å²) in [6.45, 7) is 10.1. The van der Waals surface area contributed by atoms with E-state index in [9.17, 15) is 18.0 Å². The van der Waals surface area contributed by atoms with Gasteiger partial charge in [0.15, 0.2) is 0 Å². The first-order valence-corrected chi connectivity index (χ1v) is 15.0. The van der Waals surface area contributed by atoms with Crippen molar-refractivity contribution >= 4 is 50.7 Å². The first-order valence-electron chi connectivity index (χ1n) is 12.8. The number of hydrogen-bond acceptors (Lipinski definition) is 4. The molecule has 1 N–H and O–H groups in total. The van der Waals surface area contributed by atoms with E-state index in [0.29, 0.717) is 26.9 Å². The number of carbonyl (C=O) groups is 2. The van der Waals surface area contributed by atoms with Crippen LogP contribution in [0.25, 0.3) is 0 Å². The van der Waals surface area contributed by atoms with Crippen LogP contribution in [0.4, 0.5) is 5.69 Å². The first kappa shape index (κ1) is 31.5. The van der Waals surface area contributed by atoms with Crippen molar-refractivity contribution in [1.82, 2.24) is 10.2 Å². The largest absolute Gasteiger partial charge is 0.350 e. The summed E-state index contributed by atoms with van der Waals surface area (Å²) in [4.78, 5) is 28.7. The van der Waals surface area contributed by atoms with Crippen LogP contribution in [0.1, 0.15) is 44.4 Å². The number of anilines is 1. The van der Waals surface area contributed by atoms with E-state index < -0.39 is 40.0 Å². The van der Waals surface area contributed by atoms with Gasteiger partial charge in [-0.15, -0.1) is 0 Å². The molecule has 214 valence electrons. The molecule has 1 atom stereocenters. The van der Waals surface area contributed by atoms with Gasteiger partial charge >= 0.3 is 0 Å². The molecule has 0 spiro atoms. The van der Waals surface area contributed by atoms with Crippen LogP contribution in [0.2, 0.25) is 10.0 Å². The summed E-state index contributed by atoms with van der Waals surface area (Å²) in [6, 6.07) is 17.2. The van der Waals surface area contributed by atoms with Gasteiger partial charge in [0, 0.05) is 27.7 Å². The van der Waals surface area contributed by atoms with E-state index in [1.807, 2.05) is 40.7 Å². The van der Waals surface area contributed by atoms with Crippen LogP contribution < -0.4 is 9.62 Å². The van der Waals surface area contributed by atoms with E-state index in [1.54, 1.807) is 55.5 Å². The standard InChI is InChI=1S/C30H35Cl2N3O4S/c1-20-12-10-17-27(21(20)2)35(40(38,39)23-13-8-7-9-14-23)19-28(36)34(22(3)29(37)33-30(4,5)6)18-24-25(31)15-11-16-26(24)32/h7-17,22H,18-19H2,1-6H3,(H,33,37). The summed E-state index contributed by atoms with van der Waals surface area (Å²) in [5.74, 6) is -0.985. The highest BCUT2D eigenvalue weighted by atomic mass is 35.5. The first-order chi connectivity index (χ1) is 18.6. The number of amides is 2. The molecule has 0 fully saturated rings. The Kier molecular flexibility index (Phi) is 9.93. The van der Waals surface area contributed by atoms with Crippen LogP contribution >= 0.6 is 23.2 Å². The number of nitrogens with zero attached hydrogens (tertiary/aromatic N) is 2. The van der Waals surface area contributed by atoms with Crippen molar-refractivity contribution in [3.05, 3.63) is 93.5 Å². The molecule has 3 aromatic rings. The molecular formula is C30H35Cl2N3O4S. The Morgan fingerprint density at radius 3 is 2.05 bits per heavy atom. The van der Waals surface area contributed by atoms with Crippen LogP contribution in [0.3, 0.4) is 0 Å². The molecule has 7 nitrogen and oxygen atoms in total. The second kappa shape index (κ2) is 12.6. The Balaban J connectivity index is 2.11. The van der Waals surface area contributed by atoms with Crippen molar-refractivity contribution in [1.29, 1.82) is 0 Å². The van der Waals surface area contributed by atoms with Crippen molar-refractivity contribution in [2.45, 2.75) is 64.6 Å². The summed E-state index contributed by atoms with van der Waals surface area (Å²) in [5.41, 5.74) is 1.87. The summed E-state index contributed by atoms with van der Waals surface area (Å²) in [6.07, 6.45) is 0. The number of benzene rings is 3. The average Bonchev–Trinajstić information content (AvgIpc) is 2.88. The van der Waals surface area contributed by atoms with Crippen LogP contribution in [-0.2, 0) is 26.2 Å². The Morgan fingerprint density at radius 2 is 1.48 bits per heavy atom. The number of sulfonamides is 1. The Hall–Kier alpha value is -3.07. The quantitative estimate of drug-likeness (QED) is 0.318. The maximum absolute atomic E-state index is 14.1. The van der Waals surface area contributed by atoms with Gasteiger partial charge in [-0.25, -0.2) is 8.42 Å². The van der Waals surface area contributed by atoms with Crippen molar-refractivity contribution < 1.29 is 18.0 Å². The number of halogens is 2. The fourth-order valence-corrected chi connectivity index (χ4v) is 6.16. The van der Waals surface area contributed by atoms with Crippen molar-refractivity contribution in [3.8, 4) is 0 Å². The molecule has 40 heavy (non-hydrogen) atoms. The normalized spacial score (nSPS) is 12.5. The van der Waals surface area contributed by atoms with Gasteiger partial charge in [-0.05, 0) is 83.0 Å². The molecule has 0 radical (unpaired) electrons. The predicted octanol–water partition coefficient (Wildman–Crippen LogP) is 6.14.